The number of carbonyl (C=O) groups is 3. The lowest BCUT2D eigenvalue weighted by Crippen LogP contribution is -2.56. The lowest BCUT2D eigenvalue weighted by atomic mass is 10.0. The van der Waals surface area contributed by atoms with E-state index in [1.54, 1.807) is 17.0 Å². The fourth-order valence-electron chi connectivity index (χ4n) is 8.38. The van der Waals surface area contributed by atoms with Gasteiger partial charge < -0.3 is 25.0 Å². The van der Waals surface area contributed by atoms with E-state index in [-0.39, 0.29) is 56.1 Å². The molecule has 16 heteroatoms. The van der Waals surface area contributed by atoms with E-state index >= 15 is 0 Å². The van der Waals surface area contributed by atoms with Gasteiger partial charge in [-0.1, -0.05) is 55.3 Å². The summed E-state index contributed by atoms with van der Waals surface area (Å²) in [5, 5.41) is 6.76. The van der Waals surface area contributed by atoms with E-state index < -0.39 is 51.7 Å². The number of hydrogen-bond donors (Lipinski definition) is 4. The molecule has 0 unspecified atom stereocenters. The van der Waals surface area contributed by atoms with Crippen molar-refractivity contribution in [3.63, 3.8) is 0 Å². The predicted molar refractivity (Wildman–Crippen MR) is 213 cm³/mol. The van der Waals surface area contributed by atoms with Crippen LogP contribution in [0.2, 0.25) is 5.02 Å². The molecule has 0 aromatic heterocycles. The van der Waals surface area contributed by atoms with Crippen molar-refractivity contribution < 1.29 is 36.7 Å². The number of allylic oxidation sites excluding steroid dienone is 1. The van der Waals surface area contributed by atoms with Crippen molar-refractivity contribution in [1.82, 2.24) is 25.2 Å². The van der Waals surface area contributed by atoms with Gasteiger partial charge in [0.2, 0.25) is 5.91 Å². The second kappa shape index (κ2) is 17.0. The summed E-state index contributed by atoms with van der Waals surface area (Å²) in [6, 6.07) is 9.35. The van der Waals surface area contributed by atoms with Crippen LogP contribution in [0.4, 0.5) is 14.9 Å². The number of carbonyl (C=O) groups excluding carboxylic acids is 3. The molecule has 2 aromatic rings. The average molecular weight is 825 g/mol. The summed E-state index contributed by atoms with van der Waals surface area (Å²) in [4.78, 5) is 45.2. The van der Waals surface area contributed by atoms with Gasteiger partial charge in [0.05, 0.1) is 24.8 Å². The van der Waals surface area contributed by atoms with Crippen molar-refractivity contribution in [2.45, 2.75) is 114 Å². The number of rotatable bonds is 9. The summed E-state index contributed by atoms with van der Waals surface area (Å²) in [5.41, 5.74) is 0.344. The van der Waals surface area contributed by atoms with Crippen LogP contribution in [-0.4, -0.2) is 72.5 Å². The molecule has 2 aromatic carbocycles. The molecule has 0 spiro atoms. The Labute approximate surface area is 338 Å². The minimum absolute atomic E-state index is 0.0608. The zero-order valence-electron chi connectivity index (χ0n) is 31.8. The maximum absolute atomic E-state index is 14.5. The fraction of sp³-hybridized carbons (Fsp3) is 0.488. The molecule has 306 valence electrons. The molecule has 2 aliphatic carbocycles. The Morgan fingerprint density at radius 2 is 1.74 bits per heavy atom. The molecule has 5 aliphatic rings. The molecule has 3 heterocycles. The van der Waals surface area contributed by atoms with Crippen LogP contribution in [0.5, 0.6) is 0 Å². The number of amides is 3. The first-order valence-electron chi connectivity index (χ1n) is 19.7. The van der Waals surface area contributed by atoms with Gasteiger partial charge in [-0.3, -0.25) is 19.2 Å². The first kappa shape index (κ1) is 40.4. The van der Waals surface area contributed by atoms with Crippen LogP contribution in [0.15, 0.2) is 79.4 Å². The van der Waals surface area contributed by atoms with Gasteiger partial charge in [0.1, 0.15) is 29.6 Å². The Morgan fingerprint density at radius 3 is 2.49 bits per heavy atom. The first-order valence-corrected chi connectivity index (χ1v) is 21.5. The van der Waals surface area contributed by atoms with E-state index in [4.69, 9.17) is 21.1 Å². The molecule has 4 N–H and O–H groups in total. The molecule has 3 aliphatic heterocycles. The number of nitrogens with zero attached hydrogens (tertiary/aromatic N) is 2. The van der Waals surface area contributed by atoms with Crippen LogP contribution in [0.1, 0.15) is 81.8 Å². The van der Waals surface area contributed by atoms with Gasteiger partial charge in [0, 0.05) is 35.2 Å². The van der Waals surface area contributed by atoms with Gasteiger partial charge in [-0.15, -0.1) is 0 Å². The van der Waals surface area contributed by atoms with E-state index in [1.807, 2.05) is 12.2 Å². The molecular weight excluding hydrogens is 775 g/mol. The Bertz CT molecular complexity index is 2030. The van der Waals surface area contributed by atoms with Crippen LogP contribution < -0.4 is 20.1 Å². The second-order valence-corrected chi connectivity index (χ2v) is 17.5. The fourth-order valence-corrected chi connectivity index (χ4v) is 9.43. The third kappa shape index (κ3) is 9.52. The molecule has 1 saturated heterocycles. The summed E-state index contributed by atoms with van der Waals surface area (Å²) in [7, 11) is -4.40. The van der Waals surface area contributed by atoms with E-state index in [0.29, 0.717) is 34.2 Å². The third-order valence-electron chi connectivity index (χ3n) is 11.6. The molecule has 3 fully saturated rings. The predicted octanol–water partition coefficient (Wildman–Crippen LogP) is 6.14. The summed E-state index contributed by atoms with van der Waals surface area (Å²) in [6.45, 7) is 8.98. The van der Waals surface area contributed by atoms with Gasteiger partial charge in [-0.25, -0.2) is 13.9 Å². The van der Waals surface area contributed by atoms with E-state index in [9.17, 15) is 27.2 Å². The van der Waals surface area contributed by atoms with Gasteiger partial charge >= 0.3 is 16.3 Å². The monoisotopic (exact) mass is 824 g/mol. The van der Waals surface area contributed by atoms with Gasteiger partial charge in [-0.2, -0.15) is 8.42 Å². The van der Waals surface area contributed by atoms with Crippen LogP contribution in [0.3, 0.4) is 0 Å². The highest BCUT2D eigenvalue weighted by molar-refractivity contribution is 7.91. The molecular formula is C41H50ClFN6O7S. The van der Waals surface area contributed by atoms with E-state index in [1.165, 1.54) is 35.2 Å². The minimum Gasteiger partial charge on any atom is -0.476 e. The van der Waals surface area contributed by atoms with Crippen LogP contribution in [0, 0.1) is 11.7 Å². The molecule has 0 bridgehead atoms. The molecule has 5 atom stereocenters. The number of anilines is 1. The minimum atomic E-state index is -4.40. The zero-order valence-corrected chi connectivity index (χ0v) is 33.4. The van der Waals surface area contributed by atoms with Crippen molar-refractivity contribution in [3.8, 4) is 0 Å². The molecule has 57 heavy (non-hydrogen) atoms. The van der Waals surface area contributed by atoms with E-state index in [2.05, 4.69) is 33.2 Å². The SMILES string of the molecule is C=C(N[C@H]1CCCCC/C=C\[C@@H]2C[C@@]2(C(=O)NS(=O)(=O)Nc2ccc(Cl)cc2)NC(=O)[C@@H]2C[C@@H](OC(=O)N3Cc4cccc(F)c4C3)CN2C1=C)OC1CCCC1. The van der Waals surface area contributed by atoms with Crippen LogP contribution in [0.25, 0.3) is 0 Å². The highest BCUT2D eigenvalue weighted by atomic mass is 35.5. The maximum Gasteiger partial charge on any atom is 0.410 e. The Balaban J connectivity index is 1.12. The highest BCUT2D eigenvalue weighted by Crippen LogP contribution is 2.46. The van der Waals surface area contributed by atoms with Crippen molar-refractivity contribution in [1.29, 1.82) is 0 Å². The summed E-state index contributed by atoms with van der Waals surface area (Å²) < 4.78 is 57.5. The van der Waals surface area contributed by atoms with Gasteiger partial charge in [-0.05, 0) is 93.8 Å². The lowest BCUT2D eigenvalue weighted by Gasteiger charge is -2.34. The van der Waals surface area contributed by atoms with Crippen LogP contribution in [-0.2, 0) is 42.4 Å². The van der Waals surface area contributed by atoms with Crippen molar-refractivity contribution >= 4 is 45.4 Å². The van der Waals surface area contributed by atoms with Gasteiger partial charge in [0.25, 0.3) is 5.91 Å². The maximum atomic E-state index is 14.5. The number of nitrogens with one attached hydrogen (secondary N) is 4. The topological polar surface area (TPSA) is 158 Å². The normalized spacial score (nSPS) is 27.1. The molecule has 13 nitrogen and oxygen atoms in total. The first-order chi connectivity index (χ1) is 27.3. The smallest absolute Gasteiger partial charge is 0.410 e. The Morgan fingerprint density at radius 1 is 0.982 bits per heavy atom. The lowest BCUT2D eigenvalue weighted by molar-refractivity contribution is -0.131. The quantitative estimate of drug-likeness (QED) is 0.172. The standard InChI is InChI=1S/C41H50ClFN6O7S/c1-26-36(44-27(2)55-32-13-8-9-14-32)16-7-5-3-4-6-12-29-22-41(29,39(51)47-57(53,54)46-31-19-17-30(42)18-20-31)45-38(50)37-21-33(24-49(26)37)56-40(52)48-23-28-11-10-15-35(43)34(28)25-48/h6,10-12,15,17-20,29,32-33,36-37,44,46H,1-5,7-9,13-14,16,21-25H2,(H,45,50)(H,47,51)/b12-6-/t29-,33-,36+,37+,41-/m1/s1. The van der Waals surface area contributed by atoms with E-state index in [0.717, 1.165) is 51.4 Å². The molecule has 7 rings (SSSR count). The van der Waals surface area contributed by atoms with Crippen molar-refractivity contribution in [2.75, 3.05) is 11.3 Å². The number of hydrogen-bond acceptors (Lipinski definition) is 9. The summed E-state index contributed by atoms with van der Waals surface area (Å²) in [5.74, 6) is -1.87. The third-order valence-corrected chi connectivity index (χ3v) is 12.8. The molecule has 0 radical (unpaired) electrons. The average Bonchev–Trinajstić information content (AvgIpc) is 3.59. The zero-order chi connectivity index (χ0) is 40.3. The Kier molecular flexibility index (Phi) is 12.1. The van der Waals surface area contributed by atoms with Crippen molar-refractivity contribution in [3.05, 3.63) is 101 Å². The van der Waals surface area contributed by atoms with Crippen LogP contribution >= 0.6 is 11.6 Å². The number of fused-ring (bicyclic) bond motifs is 3. The number of halogens is 2. The summed E-state index contributed by atoms with van der Waals surface area (Å²) in [6.07, 6.45) is 10.8. The Hall–Kier alpha value is -4.76. The largest absolute Gasteiger partial charge is 0.476 e. The molecule has 2 saturated carbocycles. The number of ether oxygens (including phenoxy) is 2. The summed E-state index contributed by atoms with van der Waals surface area (Å²) >= 11 is 5.95. The highest BCUT2D eigenvalue weighted by Gasteiger charge is 2.61. The second-order valence-electron chi connectivity index (χ2n) is 15.7. The van der Waals surface area contributed by atoms with Gasteiger partial charge in [0.15, 0.2) is 5.88 Å². The van der Waals surface area contributed by atoms with Crippen molar-refractivity contribution in [2.24, 2.45) is 5.92 Å². The number of benzene rings is 2. The molecule has 3 amide bonds.